The van der Waals surface area contributed by atoms with Crippen LogP contribution in [0.4, 0.5) is 0 Å². The Bertz CT molecular complexity index is 269. The van der Waals surface area contributed by atoms with Crippen molar-refractivity contribution >= 4 is 5.91 Å². The lowest BCUT2D eigenvalue weighted by Gasteiger charge is -2.33. The summed E-state index contributed by atoms with van der Waals surface area (Å²) in [5, 5.41) is 0. The molecule has 0 aliphatic carbocycles. The maximum atomic E-state index is 11.8. The Morgan fingerprint density at radius 3 is 2.84 bits per heavy atom. The lowest BCUT2D eigenvalue weighted by Crippen LogP contribution is -2.44. The van der Waals surface area contributed by atoms with E-state index in [0.29, 0.717) is 0 Å². The maximum absolute atomic E-state index is 11.8. The number of amides is 1. The van der Waals surface area contributed by atoms with Crippen molar-refractivity contribution in [1.82, 2.24) is 9.80 Å². The molecular weight excluding hydrogens is 240 g/mol. The molecule has 0 aromatic carbocycles. The van der Waals surface area contributed by atoms with E-state index in [1.807, 2.05) is 25.8 Å². The first kappa shape index (κ1) is 16.4. The molecule has 0 spiro atoms. The molecule has 4 nitrogen and oxygen atoms in total. The minimum Gasteiger partial charge on any atom is -0.375 e. The highest BCUT2D eigenvalue weighted by Gasteiger charge is 2.21. The summed E-state index contributed by atoms with van der Waals surface area (Å²) in [6, 6.07) is 0. The third-order valence-corrected chi connectivity index (χ3v) is 3.71. The van der Waals surface area contributed by atoms with Crippen LogP contribution in [0.5, 0.6) is 0 Å². The van der Waals surface area contributed by atoms with Gasteiger partial charge in [0, 0.05) is 32.6 Å². The van der Waals surface area contributed by atoms with Crippen molar-refractivity contribution in [2.45, 2.75) is 46.1 Å². The molecule has 1 fully saturated rings. The van der Waals surface area contributed by atoms with Gasteiger partial charge in [0.25, 0.3) is 0 Å². The summed E-state index contributed by atoms with van der Waals surface area (Å²) in [5.74, 6) is 0.303. The second kappa shape index (κ2) is 8.54. The number of hydrogen-bond acceptors (Lipinski definition) is 3. The average Bonchev–Trinajstić information content (AvgIpc) is 2.42. The van der Waals surface area contributed by atoms with Crippen LogP contribution in [0.25, 0.3) is 0 Å². The van der Waals surface area contributed by atoms with Crippen molar-refractivity contribution in [3.8, 4) is 0 Å². The Kier molecular flexibility index (Phi) is 7.39. The van der Waals surface area contributed by atoms with Gasteiger partial charge in [0.15, 0.2) is 0 Å². The summed E-state index contributed by atoms with van der Waals surface area (Å²) >= 11 is 0. The van der Waals surface area contributed by atoms with E-state index in [0.717, 1.165) is 32.7 Å². The standard InChI is InChI=1S/C15H30N2O2/c1-5-6-8-17-10-11-19-14(12-17)7-9-16(4)15(18)13(2)3/h13-14H,5-12H2,1-4H3/t14-/m0/s1. The lowest BCUT2D eigenvalue weighted by atomic mass is 10.1. The van der Waals surface area contributed by atoms with Gasteiger partial charge in [0.2, 0.25) is 5.91 Å². The van der Waals surface area contributed by atoms with Gasteiger partial charge in [0.05, 0.1) is 12.7 Å². The Morgan fingerprint density at radius 2 is 2.21 bits per heavy atom. The molecule has 1 heterocycles. The van der Waals surface area contributed by atoms with Gasteiger partial charge in [-0.3, -0.25) is 9.69 Å². The Morgan fingerprint density at radius 1 is 1.47 bits per heavy atom. The number of hydrogen-bond donors (Lipinski definition) is 0. The van der Waals surface area contributed by atoms with Crippen LogP contribution in [-0.4, -0.2) is 61.6 Å². The van der Waals surface area contributed by atoms with Gasteiger partial charge < -0.3 is 9.64 Å². The topological polar surface area (TPSA) is 32.8 Å². The highest BCUT2D eigenvalue weighted by Crippen LogP contribution is 2.11. The molecule has 1 amide bonds. The van der Waals surface area contributed by atoms with E-state index in [1.54, 1.807) is 0 Å². The minimum atomic E-state index is 0.0818. The maximum Gasteiger partial charge on any atom is 0.224 e. The van der Waals surface area contributed by atoms with Gasteiger partial charge in [0.1, 0.15) is 0 Å². The fraction of sp³-hybridized carbons (Fsp3) is 0.933. The number of unbranched alkanes of at least 4 members (excludes halogenated alkanes) is 1. The van der Waals surface area contributed by atoms with Crippen molar-refractivity contribution in [2.24, 2.45) is 5.92 Å². The molecule has 0 N–H and O–H groups in total. The molecule has 0 bridgehead atoms. The van der Waals surface area contributed by atoms with Gasteiger partial charge in [-0.05, 0) is 19.4 Å². The predicted octanol–water partition coefficient (Wildman–Crippen LogP) is 1.99. The molecule has 4 heteroatoms. The van der Waals surface area contributed by atoms with E-state index in [9.17, 15) is 4.79 Å². The molecule has 0 aromatic rings. The average molecular weight is 270 g/mol. The van der Waals surface area contributed by atoms with Crippen molar-refractivity contribution in [3.05, 3.63) is 0 Å². The normalized spacial score (nSPS) is 20.8. The molecule has 1 atom stereocenters. The summed E-state index contributed by atoms with van der Waals surface area (Å²) in [6.45, 7) is 11.0. The first-order valence-electron chi connectivity index (χ1n) is 7.63. The molecule has 0 radical (unpaired) electrons. The van der Waals surface area contributed by atoms with Crippen LogP contribution in [-0.2, 0) is 9.53 Å². The largest absolute Gasteiger partial charge is 0.375 e. The van der Waals surface area contributed by atoms with E-state index >= 15 is 0 Å². The monoisotopic (exact) mass is 270 g/mol. The smallest absolute Gasteiger partial charge is 0.224 e. The molecule has 1 rings (SSSR count). The third kappa shape index (κ3) is 5.91. The lowest BCUT2D eigenvalue weighted by molar-refractivity contribution is -0.133. The van der Waals surface area contributed by atoms with E-state index in [-0.39, 0.29) is 17.9 Å². The van der Waals surface area contributed by atoms with Crippen LogP contribution < -0.4 is 0 Å². The summed E-state index contributed by atoms with van der Waals surface area (Å²) in [4.78, 5) is 16.1. The summed E-state index contributed by atoms with van der Waals surface area (Å²) in [5.41, 5.74) is 0. The number of carbonyl (C=O) groups is 1. The van der Waals surface area contributed by atoms with Crippen LogP contribution in [0, 0.1) is 5.92 Å². The SMILES string of the molecule is CCCCN1CCO[C@@H](CCN(C)C(=O)C(C)C)C1. The van der Waals surface area contributed by atoms with Crippen molar-refractivity contribution in [3.63, 3.8) is 0 Å². The molecule has 112 valence electrons. The highest BCUT2D eigenvalue weighted by atomic mass is 16.5. The van der Waals surface area contributed by atoms with Crippen molar-refractivity contribution < 1.29 is 9.53 Å². The van der Waals surface area contributed by atoms with Crippen LogP contribution in [0.2, 0.25) is 0 Å². The number of ether oxygens (including phenoxy) is 1. The first-order valence-corrected chi connectivity index (χ1v) is 7.63. The Hall–Kier alpha value is -0.610. The number of carbonyl (C=O) groups excluding carboxylic acids is 1. The first-order chi connectivity index (χ1) is 9.04. The van der Waals surface area contributed by atoms with E-state index in [1.165, 1.54) is 19.4 Å². The van der Waals surface area contributed by atoms with Crippen molar-refractivity contribution in [1.29, 1.82) is 0 Å². The zero-order valence-corrected chi connectivity index (χ0v) is 13.0. The van der Waals surface area contributed by atoms with Crippen LogP contribution >= 0.6 is 0 Å². The Labute approximate surface area is 118 Å². The fourth-order valence-electron chi connectivity index (χ4n) is 2.43. The molecule has 1 aliphatic heterocycles. The quantitative estimate of drug-likeness (QED) is 0.709. The second-order valence-corrected chi connectivity index (χ2v) is 5.85. The predicted molar refractivity (Wildman–Crippen MR) is 78.2 cm³/mol. The van der Waals surface area contributed by atoms with Gasteiger partial charge in [-0.2, -0.15) is 0 Å². The molecule has 0 aromatic heterocycles. The van der Waals surface area contributed by atoms with Crippen molar-refractivity contribution in [2.75, 3.05) is 39.8 Å². The van der Waals surface area contributed by atoms with Gasteiger partial charge in [-0.1, -0.05) is 27.2 Å². The fourth-order valence-corrected chi connectivity index (χ4v) is 2.43. The number of morpholine rings is 1. The van der Waals surface area contributed by atoms with E-state index in [4.69, 9.17) is 4.74 Å². The van der Waals surface area contributed by atoms with Gasteiger partial charge >= 0.3 is 0 Å². The van der Waals surface area contributed by atoms with Crippen LogP contribution in [0.15, 0.2) is 0 Å². The molecule has 0 unspecified atom stereocenters. The molecular formula is C15H30N2O2. The zero-order chi connectivity index (χ0) is 14.3. The van der Waals surface area contributed by atoms with Gasteiger partial charge in [-0.15, -0.1) is 0 Å². The summed E-state index contributed by atoms with van der Waals surface area (Å²) in [7, 11) is 1.89. The third-order valence-electron chi connectivity index (χ3n) is 3.71. The number of rotatable bonds is 7. The van der Waals surface area contributed by atoms with Crippen LogP contribution in [0.1, 0.15) is 40.0 Å². The number of nitrogens with zero attached hydrogens (tertiary/aromatic N) is 2. The minimum absolute atomic E-state index is 0.0818. The van der Waals surface area contributed by atoms with Crippen LogP contribution in [0.3, 0.4) is 0 Å². The Balaban J connectivity index is 2.26. The highest BCUT2D eigenvalue weighted by molar-refractivity contribution is 5.77. The molecule has 0 saturated carbocycles. The van der Waals surface area contributed by atoms with E-state index in [2.05, 4.69) is 11.8 Å². The summed E-state index contributed by atoms with van der Waals surface area (Å²) in [6.07, 6.45) is 3.73. The van der Waals surface area contributed by atoms with Gasteiger partial charge in [-0.25, -0.2) is 0 Å². The molecule has 1 saturated heterocycles. The zero-order valence-electron chi connectivity index (χ0n) is 13.0. The molecule has 19 heavy (non-hydrogen) atoms. The summed E-state index contributed by atoms with van der Waals surface area (Å²) < 4.78 is 5.80. The molecule has 1 aliphatic rings. The second-order valence-electron chi connectivity index (χ2n) is 5.85. The van der Waals surface area contributed by atoms with E-state index < -0.39 is 0 Å².